The minimum absolute atomic E-state index is 0.00116. The van der Waals surface area contributed by atoms with E-state index in [0.717, 1.165) is 11.3 Å². The average Bonchev–Trinajstić information content (AvgIpc) is 3.39. The summed E-state index contributed by atoms with van der Waals surface area (Å²) >= 11 is 13.6. The van der Waals surface area contributed by atoms with Crippen molar-refractivity contribution in [1.82, 2.24) is 0 Å². The first-order valence-corrected chi connectivity index (χ1v) is 11.5. The van der Waals surface area contributed by atoms with E-state index in [1.54, 1.807) is 29.2 Å². The summed E-state index contributed by atoms with van der Waals surface area (Å²) in [7, 11) is 0. The number of fused-ring (bicyclic) bond motifs is 1. The number of carbonyl (C=O) groups is 2. The summed E-state index contributed by atoms with van der Waals surface area (Å²) in [5.41, 5.74) is 2.55. The van der Waals surface area contributed by atoms with Crippen LogP contribution in [0.4, 0.5) is 11.4 Å². The minimum atomic E-state index is -0.341. The number of thioether (sulfide) groups is 1. The molecule has 2 aliphatic rings. The molecule has 6 nitrogen and oxygen atoms in total. The van der Waals surface area contributed by atoms with Gasteiger partial charge in [-0.2, -0.15) is 0 Å². The summed E-state index contributed by atoms with van der Waals surface area (Å²) in [6.45, 7) is 0.171. The highest BCUT2D eigenvalue weighted by molar-refractivity contribution is 8.00. The monoisotopic (exact) mass is 486 g/mol. The Morgan fingerprint density at radius 3 is 2.72 bits per heavy atom. The first-order valence-electron chi connectivity index (χ1n) is 9.69. The summed E-state index contributed by atoms with van der Waals surface area (Å²) in [6, 6.07) is 17.6. The Balaban J connectivity index is 1.40. The highest BCUT2D eigenvalue weighted by Crippen LogP contribution is 2.45. The second-order valence-corrected chi connectivity index (χ2v) is 9.08. The van der Waals surface area contributed by atoms with Crippen LogP contribution in [0.2, 0.25) is 10.0 Å². The van der Waals surface area contributed by atoms with Gasteiger partial charge >= 0.3 is 0 Å². The predicted octanol–water partition coefficient (Wildman–Crippen LogP) is 5.75. The van der Waals surface area contributed by atoms with Crippen LogP contribution in [0.15, 0.2) is 60.7 Å². The van der Waals surface area contributed by atoms with E-state index in [0.29, 0.717) is 33.5 Å². The zero-order valence-corrected chi connectivity index (χ0v) is 18.8. The topological polar surface area (TPSA) is 67.9 Å². The van der Waals surface area contributed by atoms with Crippen molar-refractivity contribution in [3.8, 4) is 11.5 Å². The number of halogens is 2. The Morgan fingerprint density at radius 1 is 1.03 bits per heavy atom. The fourth-order valence-corrected chi connectivity index (χ4v) is 5.29. The number of hydrogen-bond acceptors (Lipinski definition) is 5. The van der Waals surface area contributed by atoms with Gasteiger partial charge in [-0.15, -0.1) is 11.8 Å². The van der Waals surface area contributed by atoms with Gasteiger partial charge in [-0.3, -0.25) is 14.5 Å². The second kappa shape index (κ2) is 8.58. The van der Waals surface area contributed by atoms with E-state index in [9.17, 15) is 9.59 Å². The number of nitrogens with one attached hydrogen (secondary N) is 1. The highest BCUT2D eigenvalue weighted by atomic mass is 35.5. The number of amides is 2. The molecule has 0 aliphatic carbocycles. The molecule has 1 fully saturated rings. The average molecular weight is 487 g/mol. The third-order valence-electron chi connectivity index (χ3n) is 5.11. The fraction of sp³-hybridized carbons (Fsp3) is 0.130. The van der Waals surface area contributed by atoms with Crippen LogP contribution in [-0.2, 0) is 4.79 Å². The van der Waals surface area contributed by atoms with Gasteiger partial charge in [0.05, 0.1) is 16.3 Å². The maximum absolute atomic E-state index is 12.7. The third kappa shape index (κ3) is 3.99. The number of hydrogen-bond donors (Lipinski definition) is 1. The van der Waals surface area contributed by atoms with Crippen LogP contribution in [0.25, 0.3) is 0 Å². The van der Waals surface area contributed by atoms with E-state index in [1.165, 1.54) is 17.8 Å². The van der Waals surface area contributed by atoms with Crippen LogP contribution in [0.5, 0.6) is 11.5 Å². The van der Waals surface area contributed by atoms with Crippen molar-refractivity contribution in [2.45, 2.75) is 5.37 Å². The van der Waals surface area contributed by atoms with Gasteiger partial charge in [0.25, 0.3) is 5.91 Å². The molecule has 3 aromatic carbocycles. The number of nitrogens with zero attached hydrogens (tertiary/aromatic N) is 1. The number of anilines is 2. The van der Waals surface area contributed by atoms with E-state index in [1.807, 2.05) is 30.3 Å². The van der Waals surface area contributed by atoms with Crippen LogP contribution in [-0.4, -0.2) is 24.4 Å². The third-order valence-corrected chi connectivity index (χ3v) is 6.87. The molecule has 2 amide bonds. The van der Waals surface area contributed by atoms with Crippen molar-refractivity contribution in [2.75, 3.05) is 22.8 Å². The zero-order valence-electron chi connectivity index (χ0n) is 16.5. The van der Waals surface area contributed by atoms with Gasteiger partial charge < -0.3 is 14.8 Å². The quantitative estimate of drug-likeness (QED) is 0.508. The molecule has 1 saturated heterocycles. The van der Waals surface area contributed by atoms with E-state index in [-0.39, 0.29) is 29.0 Å². The molecule has 3 aromatic rings. The number of rotatable bonds is 4. The zero-order chi connectivity index (χ0) is 22.2. The van der Waals surface area contributed by atoms with Crippen LogP contribution >= 0.6 is 35.0 Å². The predicted molar refractivity (Wildman–Crippen MR) is 126 cm³/mol. The van der Waals surface area contributed by atoms with Gasteiger partial charge in [-0.05, 0) is 48.0 Å². The molecule has 162 valence electrons. The molecule has 1 N–H and O–H groups in total. The van der Waals surface area contributed by atoms with Crippen LogP contribution in [0.1, 0.15) is 21.3 Å². The Labute approximate surface area is 198 Å². The maximum atomic E-state index is 12.7. The molecule has 2 aliphatic heterocycles. The van der Waals surface area contributed by atoms with E-state index in [2.05, 4.69) is 5.32 Å². The lowest BCUT2D eigenvalue weighted by Crippen LogP contribution is -2.27. The molecule has 0 saturated carbocycles. The van der Waals surface area contributed by atoms with Crippen molar-refractivity contribution in [3.63, 3.8) is 0 Å². The lowest BCUT2D eigenvalue weighted by atomic mass is 10.1. The van der Waals surface area contributed by atoms with Gasteiger partial charge in [-0.1, -0.05) is 35.3 Å². The molecule has 9 heteroatoms. The smallest absolute Gasteiger partial charge is 0.257 e. The number of carbonyl (C=O) groups excluding carboxylic acids is 2. The molecule has 5 rings (SSSR count). The Hall–Kier alpha value is -2.87. The molecule has 0 aromatic heterocycles. The van der Waals surface area contributed by atoms with E-state index >= 15 is 0 Å². The summed E-state index contributed by atoms with van der Waals surface area (Å²) < 4.78 is 10.8. The van der Waals surface area contributed by atoms with Crippen LogP contribution in [0, 0.1) is 0 Å². The Kier molecular flexibility index (Phi) is 5.63. The van der Waals surface area contributed by atoms with E-state index < -0.39 is 0 Å². The standard InChI is InChI=1S/C23H16Cl2N2O4S/c24-14-4-6-17(18(25)9-14)22(29)26-15-3-1-2-13(8-15)23-27(21(28)11-32-23)16-5-7-19-20(10-16)31-12-30-19/h1-10,23H,11-12H2,(H,26,29). The molecular formula is C23H16Cl2N2O4S. The van der Waals surface area contributed by atoms with Gasteiger partial charge in [0, 0.05) is 22.5 Å². The summed E-state index contributed by atoms with van der Waals surface area (Å²) in [5.74, 6) is 1.30. The maximum Gasteiger partial charge on any atom is 0.257 e. The van der Waals surface area contributed by atoms with Crippen molar-refractivity contribution in [3.05, 3.63) is 81.8 Å². The Bertz CT molecular complexity index is 1240. The molecule has 32 heavy (non-hydrogen) atoms. The van der Waals surface area contributed by atoms with Crippen LogP contribution in [0.3, 0.4) is 0 Å². The van der Waals surface area contributed by atoms with E-state index in [4.69, 9.17) is 32.7 Å². The van der Waals surface area contributed by atoms with Gasteiger partial charge in [0.15, 0.2) is 11.5 Å². The Morgan fingerprint density at radius 2 is 1.88 bits per heavy atom. The number of benzene rings is 3. The van der Waals surface area contributed by atoms with Crippen molar-refractivity contribution < 1.29 is 19.1 Å². The molecule has 0 spiro atoms. The summed E-state index contributed by atoms with van der Waals surface area (Å²) in [5, 5.41) is 3.36. The minimum Gasteiger partial charge on any atom is -0.454 e. The first-order chi connectivity index (χ1) is 15.5. The number of ether oxygens (including phenoxy) is 2. The first kappa shape index (κ1) is 21.0. The van der Waals surface area contributed by atoms with Gasteiger partial charge in [0.2, 0.25) is 12.7 Å². The summed E-state index contributed by atoms with van der Waals surface area (Å²) in [6.07, 6.45) is 0. The van der Waals surface area contributed by atoms with Crippen molar-refractivity contribution in [2.24, 2.45) is 0 Å². The molecule has 1 unspecified atom stereocenters. The van der Waals surface area contributed by atoms with Crippen molar-refractivity contribution in [1.29, 1.82) is 0 Å². The SMILES string of the molecule is O=C(Nc1cccc(C2SCC(=O)N2c2ccc3c(c2)OCO3)c1)c1ccc(Cl)cc1Cl. The largest absolute Gasteiger partial charge is 0.454 e. The molecule has 2 heterocycles. The van der Waals surface area contributed by atoms with Crippen molar-refractivity contribution >= 4 is 58.2 Å². The highest BCUT2D eigenvalue weighted by Gasteiger charge is 2.35. The van der Waals surface area contributed by atoms with Gasteiger partial charge in [0.1, 0.15) is 5.37 Å². The lowest BCUT2D eigenvalue weighted by molar-refractivity contribution is -0.115. The second-order valence-electron chi connectivity index (χ2n) is 7.17. The van der Waals surface area contributed by atoms with Crippen LogP contribution < -0.4 is 19.7 Å². The molecule has 0 bridgehead atoms. The lowest BCUT2D eigenvalue weighted by Gasteiger charge is -2.25. The molecule has 0 radical (unpaired) electrons. The van der Waals surface area contributed by atoms with Gasteiger partial charge in [-0.25, -0.2) is 0 Å². The molecular weight excluding hydrogens is 471 g/mol. The fourth-order valence-electron chi connectivity index (χ4n) is 3.63. The summed E-state index contributed by atoms with van der Waals surface area (Å²) in [4.78, 5) is 27.1. The molecule has 1 atom stereocenters. The normalized spacial score (nSPS) is 17.0.